The van der Waals surface area contributed by atoms with E-state index in [1.54, 1.807) is 11.3 Å². The van der Waals surface area contributed by atoms with E-state index < -0.39 is 0 Å². The second-order valence-electron chi connectivity index (χ2n) is 7.36. The molecule has 0 fully saturated rings. The molecule has 1 aliphatic carbocycles. The van der Waals surface area contributed by atoms with Gasteiger partial charge in [-0.25, -0.2) is 4.79 Å². The Bertz CT molecular complexity index is 844. The van der Waals surface area contributed by atoms with Crippen LogP contribution in [0, 0.1) is 6.92 Å². The lowest BCUT2D eigenvalue weighted by Gasteiger charge is -2.12. The highest BCUT2D eigenvalue weighted by Crippen LogP contribution is 2.37. The van der Waals surface area contributed by atoms with Crippen molar-refractivity contribution in [1.82, 2.24) is 15.1 Å². The van der Waals surface area contributed by atoms with Crippen LogP contribution in [0.15, 0.2) is 12.4 Å². The summed E-state index contributed by atoms with van der Waals surface area (Å²) in [6, 6.07) is 0. The molecule has 6 nitrogen and oxygen atoms in total. The number of hydrogen-bond acceptors (Lipinski definition) is 5. The maximum atomic E-state index is 12.7. The number of carbonyl (C=O) groups excluding carboxylic acids is 1. The molecule has 0 bridgehead atoms. The summed E-state index contributed by atoms with van der Waals surface area (Å²) in [5, 5.41) is 12.2. The number of hydrogen-bond donors (Lipinski definition) is 2. The van der Waals surface area contributed by atoms with Gasteiger partial charge >= 0.3 is 5.97 Å². The molecule has 2 aromatic heterocycles. The molecule has 0 saturated heterocycles. The molecule has 158 valence electrons. The van der Waals surface area contributed by atoms with E-state index >= 15 is 0 Å². The van der Waals surface area contributed by atoms with Gasteiger partial charge in [-0.2, -0.15) is 5.10 Å². The van der Waals surface area contributed by atoms with Crippen LogP contribution in [0.3, 0.4) is 0 Å². The highest BCUT2D eigenvalue weighted by molar-refractivity contribution is 7.80. The predicted octanol–water partition coefficient (Wildman–Crippen LogP) is 4.47. The van der Waals surface area contributed by atoms with Crippen LogP contribution >= 0.6 is 23.6 Å². The third-order valence-corrected chi connectivity index (χ3v) is 6.44. The van der Waals surface area contributed by atoms with E-state index in [-0.39, 0.29) is 5.97 Å². The maximum absolute atomic E-state index is 12.7. The number of ether oxygens (including phenoxy) is 1. The van der Waals surface area contributed by atoms with Crippen LogP contribution in [0.2, 0.25) is 0 Å². The molecule has 1 aliphatic rings. The summed E-state index contributed by atoms with van der Waals surface area (Å²) >= 11 is 7.14. The quantitative estimate of drug-likeness (QED) is 0.381. The second-order valence-corrected chi connectivity index (χ2v) is 8.87. The summed E-state index contributed by atoms with van der Waals surface area (Å²) < 4.78 is 7.29. The van der Waals surface area contributed by atoms with Crippen molar-refractivity contribution in [2.45, 2.75) is 65.3 Å². The Balaban J connectivity index is 1.62. The minimum absolute atomic E-state index is 0.245. The standard InChI is InChI=1S/C21H30N4O2S2/c1-3-27-20(26)18-16-9-6-4-5-7-10-17(16)29-19(18)24-21(28)22-11-8-12-25-14-15(2)13-23-25/h13-14H,3-12H2,1-2H3,(H2,22,24,28). The third kappa shape index (κ3) is 6.02. The molecule has 2 aromatic rings. The molecule has 0 aromatic carbocycles. The first-order chi connectivity index (χ1) is 14.1. The summed E-state index contributed by atoms with van der Waals surface area (Å²) in [5.41, 5.74) is 3.01. The number of aromatic nitrogens is 2. The zero-order valence-corrected chi connectivity index (χ0v) is 18.9. The van der Waals surface area contributed by atoms with Gasteiger partial charge in [0.25, 0.3) is 0 Å². The van der Waals surface area contributed by atoms with E-state index in [4.69, 9.17) is 17.0 Å². The van der Waals surface area contributed by atoms with Crippen molar-refractivity contribution in [2.75, 3.05) is 18.5 Å². The lowest BCUT2D eigenvalue weighted by molar-refractivity contribution is 0.0526. The first-order valence-corrected chi connectivity index (χ1v) is 11.7. The van der Waals surface area contributed by atoms with Gasteiger partial charge in [0.15, 0.2) is 5.11 Å². The SMILES string of the molecule is CCOC(=O)c1c(NC(=S)NCCCn2cc(C)cn2)sc2c1CCCCCC2. The van der Waals surface area contributed by atoms with E-state index in [1.165, 1.54) is 24.1 Å². The Labute approximate surface area is 182 Å². The van der Waals surface area contributed by atoms with E-state index in [2.05, 4.69) is 15.7 Å². The second kappa shape index (κ2) is 10.7. The minimum atomic E-state index is -0.245. The van der Waals surface area contributed by atoms with Crippen LogP contribution in [0.25, 0.3) is 0 Å². The van der Waals surface area contributed by atoms with Crippen molar-refractivity contribution in [3.8, 4) is 0 Å². The molecule has 0 saturated carbocycles. The zero-order chi connectivity index (χ0) is 20.6. The number of anilines is 1. The van der Waals surface area contributed by atoms with Crippen molar-refractivity contribution >= 4 is 39.6 Å². The van der Waals surface area contributed by atoms with Gasteiger partial charge in [0.05, 0.1) is 18.4 Å². The van der Waals surface area contributed by atoms with Crippen molar-refractivity contribution in [2.24, 2.45) is 0 Å². The van der Waals surface area contributed by atoms with E-state index in [1.807, 2.05) is 30.9 Å². The summed E-state index contributed by atoms with van der Waals surface area (Å²) in [6.45, 7) is 5.83. The molecule has 29 heavy (non-hydrogen) atoms. The smallest absolute Gasteiger partial charge is 0.341 e. The van der Waals surface area contributed by atoms with Crippen LogP contribution in [0.5, 0.6) is 0 Å². The average Bonchev–Trinajstić information content (AvgIpc) is 3.22. The van der Waals surface area contributed by atoms with E-state index in [0.29, 0.717) is 17.3 Å². The van der Waals surface area contributed by atoms with Crippen LogP contribution in [0.4, 0.5) is 5.00 Å². The highest BCUT2D eigenvalue weighted by atomic mass is 32.1. The molecule has 0 unspecified atom stereocenters. The van der Waals surface area contributed by atoms with Crippen LogP contribution in [-0.4, -0.2) is 34.0 Å². The number of nitrogens with zero attached hydrogens (tertiary/aromatic N) is 2. The van der Waals surface area contributed by atoms with Crippen LogP contribution in [0.1, 0.15) is 65.4 Å². The number of esters is 1. The molecule has 8 heteroatoms. The Morgan fingerprint density at radius 3 is 2.83 bits per heavy atom. The Morgan fingerprint density at radius 2 is 2.10 bits per heavy atom. The molecule has 0 aliphatic heterocycles. The number of rotatable bonds is 7. The number of thiophene rings is 1. The third-order valence-electron chi connectivity index (χ3n) is 4.99. The molecule has 3 rings (SSSR count). The number of fused-ring (bicyclic) bond motifs is 1. The molecule has 0 atom stereocenters. The molecule has 0 spiro atoms. The fraction of sp³-hybridized carbons (Fsp3) is 0.571. The topological polar surface area (TPSA) is 68.2 Å². The fourth-order valence-electron chi connectivity index (χ4n) is 3.61. The number of carbonyl (C=O) groups is 1. The van der Waals surface area contributed by atoms with Crippen molar-refractivity contribution in [1.29, 1.82) is 0 Å². The van der Waals surface area contributed by atoms with Gasteiger partial charge in [0.1, 0.15) is 5.00 Å². The van der Waals surface area contributed by atoms with Gasteiger partial charge in [-0.3, -0.25) is 4.68 Å². The van der Waals surface area contributed by atoms with E-state index in [9.17, 15) is 4.79 Å². The van der Waals surface area contributed by atoms with Crippen molar-refractivity contribution < 1.29 is 9.53 Å². The number of aryl methyl sites for hydroxylation is 3. The van der Waals surface area contributed by atoms with Crippen LogP contribution < -0.4 is 10.6 Å². The lowest BCUT2D eigenvalue weighted by Crippen LogP contribution is -2.30. The van der Waals surface area contributed by atoms with Gasteiger partial charge in [0, 0.05) is 24.2 Å². The van der Waals surface area contributed by atoms with Gasteiger partial charge < -0.3 is 15.4 Å². The predicted molar refractivity (Wildman–Crippen MR) is 122 cm³/mol. The largest absolute Gasteiger partial charge is 0.462 e. The van der Waals surface area contributed by atoms with Crippen LogP contribution in [-0.2, 0) is 24.1 Å². The number of nitrogens with one attached hydrogen (secondary N) is 2. The average molecular weight is 435 g/mol. The molecule has 2 heterocycles. The Hall–Kier alpha value is -1.93. The molecular weight excluding hydrogens is 404 g/mol. The summed E-state index contributed by atoms with van der Waals surface area (Å²) in [7, 11) is 0. The molecule has 0 amide bonds. The fourth-order valence-corrected chi connectivity index (χ4v) is 5.16. The zero-order valence-electron chi connectivity index (χ0n) is 17.3. The maximum Gasteiger partial charge on any atom is 0.341 e. The Kier molecular flexibility index (Phi) is 8.06. The summed E-state index contributed by atoms with van der Waals surface area (Å²) in [6.07, 6.45) is 11.5. The number of thiocarbonyl (C=S) groups is 1. The van der Waals surface area contributed by atoms with Gasteiger partial charge in [-0.1, -0.05) is 12.8 Å². The van der Waals surface area contributed by atoms with Crippen molar-refractivity contribution in [3.63, 3.8) is 0 Å². The Morgan fingerprint density at radius 1 is 1.31 bits per heavy atom. The molecule has 0 radical (unpaired) electrons. The van der Waals surface area contributed by atoms with Crippen molar-refractivity contribution in [3.05, 3.63) is 34.0 Å². The van der Waals surface area contributed by atoms with Gasteiger partial charge in [0.2, 0.25) is 0 Å². The first-order valence-electron chi connectivity index (χ1n) is 10.4. The lowest BCUT2D eigenvalue weighted by atomic mass is 9.96. The van der Waals surface area contributed by atoms with Gasteiger partial charge in [-0.15, -0.1) is 11.3 Å². The normalized spacial score (nSPS) is 13.9. The van der Waals surface area contributed by atoms with Gasteiger partial charge in [-0.05, 0) is 69.3 Å². The minimum Gasteiger partial charge on any atom is -0.462 e. The molecular formula is C21H30N4O2S2. The highest BCUT2D eigenvalue weighted by Gasteiger charge is 2.25. The first kappa shape index (κ1) is 21.8. The summed E-state index contributed by atoms with van der Waals surface area (Å²) in [4.78, 5) is 14.0. The summed E-state index contributed by atoms with van der Waals surface area (Å²) in [5.74, 6) is -0.245. The van der Waals surface area contributed by atoms with E-state index in [0.717, 1.165) is 54.9 Å². The molecule has 2 N–H and O–H groups in total. The monoisotopic (exact) mass is 434 g/mol.